The van der Waals surface area contributed by atoms with Crippen molar-refractivity contribution >= 4 is 23.5 Å². The van der Waals surface area contributed by atoms with Gasteiger partial charge in [-0.05, 0) is 49.2 Å². The average molecular weight is 399 g/mol. The summed E-state index contributed by atoms with van der Waals surface area (Å²) in [6.45, 7) is 1.06. The first-order chi connectivity index (χ1) is 14.0. The van der Waals surface area contributed by atoms with E-state index in [0.29, 0.717) is 24.4 Å². The van der Waals surface area contributed by atoms with E-state index in [1.54, 1.807) is 24.3 Å². The number of benzene rings is 2. The Balaban J connectivity index is 1.78. The molecule has 1 saturated heterocycles. The maximum atomic E-state index is 13.4. The number of carbonyl (C=O) groups excluding carboxylic acids is 2. The number of hydrogen-bond donors (Lipinski definition) is 2. The van der Waals surface area contributed by atoms with Crippen molar-refractivity contribution in [3.05, 3.63) is 65.5 Å². The minimum atomic E-state index is -0.507. The molecule has 1 amide bonds. The summed E-state index contributed by atoms with van der Waals surface area (Å²) in [7, 11) is 1.30. The van der Waals surface area contributed by atoms with E-state index >= 15 is 0 Å². The Morgan fingerprint density at radius 1 is 1.21 bits per heavy atom. The molecule has 0 radical (unpaired) electrons. The molecule has 3 rings (SSSR count). The van der Waals surface area contributed by atoms with E-state index in [0.717, 1.165) is 18.9 Å². The molecule has 1 fully saturated rings. The van der Waals surface area contributed by atoms with Crippen LogP contribution in [0.4, 0.5) is 10.1 Å². The van der Waals surface area contributed by atoms with Crippen molar-refractivity contribution in [2.75, 3.05) is 25.6 Å². The van der Waals surface area contributed by atoms with Crippen LogP contribution in [0.25, 0.3) is 0 Å². The van der Waals surface area contributed by atoms with Crippen LogP contribution in [-0.4, -0.2) is 44.2 Å². The summed E-state index contributed by atoms with van der Waals surface area (Å²) in [6, 6.07) is 12.0. The Morgan fingerprint density at radius 3 is 2.72 bits per heavy atom. The summed E-state index contributed by atoms with van der Waals surface area (Å²) in [5, 5.41) is 5.66. The van der Waals surface area contributed by atoms with Gasteiger partial charge in [0.25, 0.3) is 5.91 Å². The first-order valence-electron chi connectivity index (χ1n) is 9.23. The number of carbonyl (C=O) groups is 2. The Hall–Kier alpha value is -3.26. The highest BCUT2D eigenvalue weighted by Gasteiger charge is 2.16. The molecule has 1 aliphatic heterocycles. The average Bonchev–Trinajstić information content (AvgIpc) is 3.25. The van der Waals surface area contributed by atoms with E-state index in [-0.39, 0.29) is 17.6 Å². The van der Waals surface area contributed by atoms with E-state index in [2.05, 4.69) is 15.6 Å². The van der Waals surface area contributed by atoms with Gasteiger partial charge >= 0.3 is 5.97 Å². The van der Waals surface area contributed by atoms with Crippen molar-refractivity contribution in [3.63, 3.8) is 0 Å². The summed E-state index contributed by atoms with van der Waals surface area (Å²) >= 11 is 0. The zero-order valence-electron chi connectivity index (χ0n) is 16.0. The molecular formula is C21H22FN3O4. The molecule has 1 atom stereocenters. The monoisotopic (exact) mass is 399 g/mol. The van der Waals surface area contributed by atoms with Crippen LogP contribution in [0, 0.1) is 5.82 Å². The lowest BCUT2D eigenvalue weighted by atomic mass is 10.2. The Bertz CT molecular complexity index is 910. The fourth-order valence-electron chi connectivity index (χ4n) is 2.88. The van der Waals surface area contributed by atoms with Gasteiger partial charge in [0.1, 0.15) is 5.82 Å². The highest BCUT2D eigenvalue weighted by molar-refractivity contribution is 6.10. The molecule has 1 aliphatic rings. The van der Waals surface area contributed by atoms with Crippen LogP contribution in [0.1, 0.15) is 33.6 Å². The fourth-order valence-corrected chi connectivity index (χ4v) is 2.88. The van der Waals surface area contributed by atoms with Crippen molar-refractivity contribution in [2.24, 2.45) is 4.99 Å². The molecule has 0 saturated carbocycles. The SMILES string of the molecule is COC(=O)c1cccc(NC(=NCC2CCCO2)NC(=O)c2cccc(F)c2)c1. The zero-order chi connectivity index (χ0) is 20.6. The number of rotatable bonds is 5. The second-order valence-electron chi connectivity index (χ2n) is 6.49. The second kappa shape index (κ2) is 9.79. The molecule has 1 unspecified atom stereocenters. The standard InChI is InChI=1S/C21H22FN3O4/c1-28-20(27)15-6-3-8-17(12-15)24-21(23-13-18-9-4-10-29-18)25-19(26)14-5-2-7-16(22)11-14/h2-3,5-8,11-12,18H,4,9-10,13H2,1H3,(H2,23,24,25,26). The molecule has 0 bridgehead atoms. The first kappa shape index (κ1) is 20.5. The number of nitrogens with one attached hydrogen (secondary N) is 2. The van der Waals surface area contributed by atoms with Gasteiger partial charge in [-0.15, -0.1) is 0 Å². The maximum Gasteiger partial charge on any atom is 0.337 e. The van der Waals surface area contributed by atoms with Crippen LogP contribution in [0.2, 0.25) is 0 Å². The number of amides is 1. The zero-order valence-corrected chi connectivity index (χ0v) is 16.0. The molecule has 0 aromatic heterocycles. The number of hydrogen-bond acceptors (Lipinski definition) is 5. The number of ether oxygens (including phenoxy) is 2. The maximum absolute atomic E-state index is 13.4. The lowest BCUT2D eigenvalue weighted by Crippen LogP contribution is -2.36. The summed E-state index contributed by atoms with van der Waals surface area (Å²) in [4.78, 5) is 28.7. The highest BCUT2D eigenvalue weighted by Crippen LogP contribution is 2.14. The first-order valence-corrected chi connectivity index (χ1v) is 9.23. The van der Waals surface area contributed by atoms with Crippen molar-refractivity contribution in [2.45, 2.75) is 18.9 Å². The molecule has 7 nitrogen and oxygen atoms in total. The summed E-state index contributed by atoms with van der Waals surface area (Å²) in [6.07, 6.45) is 1.85. The van der Waals surface area contributed by atoms with E-state index in [4.69, 9.17) is 9.47 Å². The van der Waals surface area contributed by atoms with Gasteiger partial charge in [0.2, 0.25) is 5.96 Å². The number of guanidine groups is 1. The molecule has 29 heavy (non-hydrogen) atoms. The number of methoxy groups -OCH3 is 1. The Morgan fingerprint density at radius 2 is 2.00 bits per heavy atom. The lowest BCUT2D eigenvalue weighted by molar-refractivity contribution is 0.0600. The summed E-state index contributed by atoms with van der Waals surface area (Å²) in [5.74, 6) is -1.31. The molecule has 8 heteroatoms. The predicted molar refractivity (Wildman–Crippen MR) is 107 cm³/mol. The van der Waals surface area contributed by atoms with E-state index in [9.17, 15) is 14.0 Å². The van der Waals surface area contributed by atoms with Crippen LogP contribution >= 0.6 is 0 Å². The van der Waals surface area contributed by atoms with Gasteiger partial charge in [0.05, 0.1) is 25.3 Å². The van der Waals surface area contributed by atoms with Crippen LogP contribution in [0.15, 0.2) is 53.5 Å². The molecule has 2 aromatic rings. The normalized spacial score (nSPS) is 16.3. The third-order valence-electron chi connectivity index (χ3n) is 4.34. The Kier molecular flexibility index (Phi) is 6.91. The van der Waals surface area contributed by atoms with Gasteiger partial charge < -0.3 is 14.8 Å². The lowest BCUT2D eigenvalue weighted by Gasteiger charge is -2.14. The van der Waals surface area contributed by atoms with Gasteiger partial charge in [-0.25, -0.2) is 14.2 Å². The number of halogens is 1. The molecule has 2 N–H and O–H groups in total. The molecule has 0 spiro atoms. The van der Waals surface area contributed by atoms with Crippen LogP contribution in [0.5, 0.6) is 0 Å². The molecule has 0 aliphatic carbocycles. The van der Waals surface area contributed by atoms with E-state index in [1.165, 1.54) is 25.3 Å². The minimum absolute atomic E-state index is 0.0146. The van der Waals surface area contributed by atoms with E-state index < -0.39 is 17.7 Å². The predicted octanol–water partition coefficient (Wildman–Crippen LogP) is 2.99. The summed E-state index contributed by atoms with van der Waals surface area (Å²) < 4.78 is 23.7. The number of nitrogens with zero attached hydrogens (tertiary/aromatic N) is 1. The largest absolute Gasteiger partial charge is 0.465 e. The Labute approximate surface area is 167 Å². The van der Waals surface area contributed by atoms with Gasteiger partial charge in [-0.3, -0.25) is 10.1 Å². The van der Waals surface area contributed by atoms with Crippen LogP contribution < -0.4 is 10.6 Å². The topological polar surface area (TPSA) is 89.0 Å². The third-order valence-corrected chi connectivity index (χ3v) is 4.34. The van der Waals surface area contributed by atoms with Gasteiger partial charge in [-0.1, -0.05) is 12.1 Å². The molecule has 152 valence electrons. The minimum Gasteiger partial charge on any atom is -0.465 e. The van der Waals surface area contributed by atoms with Crippen molar-refractivity contribution in [1.82, 2.24) is 5.32 Å². The smallest absolute Gasteiger partial charge is 0.337 e. The second-order valence-corrected chi connectivity index (χ2v) is 6.49. The van der Waals surface area contributed by atoms with Crippen molar-refractivity contribution < 1.29 is 23.5 Å². The quantitative estimate of drug-likeness (QED) is 0.458. The van der Waals surface area contributed by atoms with Crippen molar-refractivity contribution in [1.29, 1.82) is 0 Å². The van der Waals surface area contributed by atoms with E-state index in [1.807, 2.05) is 0 Å². The van der Waals surface area contributed by atoms with Crippen LogP contribution in [0.3, 0.4) is 0 Å². The van der Waals surface area contributed by atoms with Crippen molar-refractivity contribution in [3.8, 4) is 0 Å². The van der Waals surface area contributed by atoms with Gasteiger partial charge in [-0.2, -0.15) is 0 Å². The third kappa shape index (κ3) is 5.86. The van der Waals surface area contributed by atoms with Gasteiger partial charge in [0, 0.05) is 17.9 Å². The van der Waals surface area contributed by atoms with Crippen LogP contribution in [-0.2, 0) is 9.47 Å². The molecule has 1 heterocycles. The fraction of sp³-hybridized carbons (Fsp3) is 0.286. The number of aliphatic imine (C=N–C) groups is 1. The number of esters is 1. The summed E-state index contributed by atoms with van der Waals surface area (Å²) in [5.41, 5.74) is 1.06. The molecular weight excluding hydrogens is 377 g/mol. The highest BCUT2D eigenvalue weighted by atomic mass is 19.1. The van der Waals surface area contributed by atoms with Gasteiger partial charge in [0.15, 0.2) is 0 Å². The molecule has 2 aromatic carbocycles. The number of anilines is 1.